The molecule has 1 N–H and O–H groups in total. The summed E-state index contributed by atoms with van der Waals surface area (Å²) in [6, 6.07) is 7.20. The fourth-order valence-electron chi connectivity index (χ4n) is 2.84. The molecule has 0 saturated carbocycles. The van der Waals surface area contributed by atoms with E-state index in [0.717, 1.165) is 17.9 Å². The number of hydrogen-bond acceptors (Lipinski definition) is 7. The van der Waals surface area contributed by atoms with Crippen LogP contribution in [0.4, 0.5) is 5.69 Å². The number of methoxy groups -OCH3 is 1. The highest BCUT2D eigenvalue weighted by atomic mass is 32.2. The van der Waals surface area contributed by atoms with E-state index in [9.17, 15) is 4.79 Å². The largest absolute Gasteiger partial charge is 0.497 e. The van der Waals surface area contributed by atoms with E-state index in [-0.39, 0.29) is 11.7 Å². The molecule has 0 aliphatic carbocycles. The smallest absolute Gasteiger partial charge is 0.243 e. The second kappa shape index (κ2) is 10.1. The summed E-state index contributed by atoms with van der Waals surface area (Å²) in [6.07, 6.45) is 1.91. The number of carbonyl (C=O) groups excluding carboxylic acids is 1. The predicted molar refractivity (Wildman–Crippen MR) is 116 cm³/mol. The highest BCUT2D eigenvalue weighted by molar-refractivity contribution is 7.99. The number of nitrogens with zero attached hydrogens (tertiary/aromatic N) is 5. The van der Waals surface area contributed by atoms with Crippen LogP contribution in [0.25, 0.3) is 11.4 Å². The van der Waals surface area contributed by atoms with Crippen LogP contribution in [0, 0.1) is 0 Å². The van der Waals surface area contributed by atoms with Crippen molar-refractivity contribution in [3.63, 3.8) is 0 Å². The van der Waals surface area contributed by atoms with E-state index in [1.54, 1.807) is 31.4 Å². The maximum Gasteiger partial charge on any atom is 0.243 e. The average molecular weight is 431 g/mol. The third-order valence-corrected chi connectivity index (χ3v) is 5.28. The van der Waals surface area contributed by atoms with Gasteiger partial charge < -0.3 is 19.4 Å². The monoisotopic (exact) mass is 430 g/mol. The highest BCUT2D eigenvalue weighted by Crippen LogP contribution is 2.30. The van der Waals surface area contributed by atoms with Crippen molar-refractivity contribution < 1.29 is 14.3 Å². The van der Waals surface area contributed by atoms with Crippen LogP contribution in [0.1, 0.15) is 20.8 Å². The van der Waals surface area contributed by atoms with Gasteiger partial charge in [-0.05, 0) is 45.0 Å². The molecule has 2 aromatic heterocycles. The third kappa shape index (κ3) is 4.93. The molecule has 2 heterocycles. The molecular formula is C20H26N6O3S. The van der Waals surface area contributed by atoms with E-state index in [2.05, 4.69) is 20.6 Å². The van der Waals surface area contributed by atoms with Crippen LogP contribution in [0.15, 0.2) is 35.6 Å². The molecule has 1 amide bonds. The van der Waals surface area contributed by atoms with Gasteiger partial charge in [-0.25, -0.2) is 0 Å². The lowest BCUT2D eigenvalue weighted by Gasteiger charge is -2.08. The van der Waals surface area contributed by atoms with E-state index < -0.39 is 0 Å². The minimum atomic E-state index is -0.119. The molecule has 0 atom stereocenters. The molecule has 0 saturated heterocycles. The Hall–Kier alpha value is -3.01. The summed E-state index contributed by atoms with van der Waals surface area (Å²) >= 11 is 1.34. The second-order valence-corrected chi connectivity index (χ2v) is 7.19. The topological polar surface area (TPSA) is 96.1 Å². The number of ether oxygens (including phenoxy) is 2. The van der Waals surface area contributed by atoms with Crippen molar-refractivity contribution in [3.05, 3.63) is 30.5 Å². The summed E-state index contributed by atoms with van der Waals surface area (Å²) in [5.41, 5.74) is 1.51. The van der Waals surface area contributed by atoms with Gasteiger partial charge in [0.05, 0.1) is 19.5 Å². The van der Waals surface area contributed by atoms with E-state index in [1.165, 1.54) is 11.8 Å². The highest BCUT2D eigenvalue weighted by Gasteiger charge is 2.20. The molecule has 0 spiro atoms. The minimum Gasteiger partial charge on any atom is -0.497 e. The van der Waals surface area contributed by atoms with E-state index in [4.69, 9.17) is 9.47 Å². The fourth-order valence-corrected chi connectivity index (χ4v) is 3.65. The van der Waals surface area contributed by atoms with Gasteiger partial charge in [-0.15, -0.1) is 15.3 Å². The molecule has 3 rings (SSSR count). The summed E-state index contributed by atoms with van der Waals surface area (Å²) in [5, 5.41) is 16.6. The van der Waals surface area contributed by atoms with Gasteiger partial charge in [0.25, 0.3) is 0 Å². The lowest BCUT2D eigenvalue weighted by molar-refractivity contribution is -0.113. The van der Waals surface area contributed by atoms with Gasteiger partial charge in [0.2, 0.25) is 11.8 Å². The molecule has 3 aromatic rings. The van der Waals surface area contributed by atoms with Crippen LogP contribution in [-0.4, -0.2) is 49.9 Å². The Morgan fingerprint density at radius 3 is 2.53 bits per heavy atom. The first-order valence-corrected chi connectivity index (χ1v) is 10.8. The molecule has 0 aliphatic rings. The number of aryl methyl sites for hydroxylation is 1. The zero-order valence-electron chi connectivity index (χ0n) is 17.6. The molecule has 0 unspecified atom stereocenters. The molecule has 0 fully saturated rings. The SMILES string of the molecule is CCOc1nn(CC)cc1-c1nnc(SCC(=O)Nc2ccc(OC)cc2)n1CC. The summed E-state index contributed by atoms with van der Waals surface area (Å²) in [6.45, 7) is 7.85. The van der Waals surface area contributed by atoms with Gasteiger partial charge in [0.1, 0.15) is 11.3 Å². The quantitative estimate of drug-likeness (QED) is 0.493. The van der Waals surface area contributed by atoms with Crippen LogP contribution in [0.5, 0.6) is 11.6 Å². The van der Waals surface area contributed by atoms with Crippen LogP contribution in [0.3, 0.4) is 0 Å². The predicted octanol–water partition coefficient (Wildman–Crippen LogP) is 3.32. The van der Waals surface area contributed by atoms with Crippen molar-refractivity contribution in [2.45, 2.75) is 39.0 Å². The lowest BCUT2D eigenvalue weighted by atomic mass is 10.3. The number of amides is 1. The van der Waals surface area contributed by atoms with Gasteiger partial charge in [-0.3, -0.25) is 9.48 Å². The van der Waals surface area contributed by atoms with Crippen LogP contribution in [-0.2, 0) is 17.9 Å². The zero-order chi connectivity index (χ0) is 21.5. The maximum atomic E-state index is 12.3. The Balaban J connectivity index is 1.71. The third-order valence-electron chi connectivity index (χ3n) is 4.31. The Morgan fingerprint density at radius 1 is 1.13 bits per heavy atom. The average Bonchev–Trinajstić information content (AvgIpc) is 3.36. The van der Waals surface area contributed by atoms with Crippen molar-refractivity contribution in [2.24, 2.45) is 0 Å². The number of hydrogen-bond donors (Lipinski definition) is 1. The second-order valence-electron chi connectivity index (χ2n) is 6.25. The molecule has 0 radical (unpaired) electrons. The number of thioether (sulfide) groups is 1. The van der Waals surface area contributed by atoms with Gasteiger partial charge in [-0.1, -0.05) is 11.8 Å². The van der Waals surface area contributed by atoms with Crippen molar-refractivity contribution in [1.82, 2.24) is 24.5 Å². The number of aromatic nitrogens is 5. The molecule has 0 bridgehead atoms. The summed E-state index contributed by atoms with van der Waals surface area (Å²) in [4.78, 5) is 12.3. The Morgan fingerprint density at radius 2 is 1.90 bits per heavy atom. The Labute approximate surface area is 179 Å². The molecule has 30 heavy (non-hydrogen) atoms. The van der Waals surface area contributed by atoms with Crippen LogP contribution >= 0.6 is 11.8 Å². The standard InChI is InChI=1S/C20H26N6O3S/c1-5-25-12-16(19(24-25)29-7-3)18-22-23-20(26(18)6-2)30-13-17(27)21-14-8-10-15(28-4)11-9-14/h8-12H,5-7,13H2,1-4H3,(H,21,27). The van der Waals surface area contributed by atoms with Crippen molar-refractivity contribution in [1.29, 1.82) is 0 Å². The number of carbonyl (C=O) groups is 1. The van der Waals surface area contributed by atoms with E-state index in [1.807, 2.05) is 36.2 Å². The van der Waals surface area contributed by atoms with E-state index >= 15 is 0 Å². The summed E-state index contributed by atoms with van der Waals surface area (Å²) < 4.78 is 14.6. The number of anilines is 1. The lowest BCUT2D eigenvalue weighted by Crippen LogP contribution is -2.14. The van der Waals surface area contributed by atoms with Gasteiger partial charge in [-0.2, -0.15) is 0 Å². The molecule has 160 valence electrons. The molecule has 9 nitrogen and oxygen atoms in total. The summed E-state index contributed by atoms with van der Waals surface area (Å²) in [5.74, 6) is 2.06. The fraction of sp³-hybridized carbons (Fsp3) is 0.400. The molecule has 0 aliphatic heterocycles. The van der Waals surface area contributed by atoms with Crippen molar-refractivity contribution >= 4 is 23.4 Å². The number of rotatable bonds is 10. The summed E-state index contributed by atoms with van der Waals surface area (Å²) in [7, 11) is 1.60. The van der Waals surface area contributed by atoms with Crippen LogP contribution < -0.4 is 14.8 Å². The van der Waals surface area contributed by atoms with Crippen molar-refractivity contribution in [2.75, 3.05) is 24.8 Å². The first-order chi connectivity index (χ1) is 14.6. The first kappa shape index (κ1) is 21.7. The van der Waals surface area contributed by atoms with Gasteiger partial charge in [0.15, 0.2) is 11.0 Å². The van der Waals surface area contributed by atoms with Gasteiger partial charge in [0, 0.05) is 25.0 Å². The zero-order valence-corrected chi connectivity index (χ0v) is 18.4. The molecule has 1 aromatic carbocycles. The van der Waals surface area contributed by atoms with Gasteiger partial charge >= 0.3 is 0 Å². The molecule has 10 heteroatoms. The normalized spacial score (nSPS) is 10.8. The van der Waals surface area contributed by atoms with Crippen LogP contribution in [0.2, 0.25) is 0 Å². The first-order valence-electron chi connectivity index (χ1n) is 9.80. The van der Waals surface area contributed by atoms with E-state index in [0.29, 0.717) is 35.7 Å². The molecular weight excluding hydrogens is 404 g/mol. The minimum absolute atomic E-state index is 0.119. The Kier molecular flexibility index (Phi) is 7.34. The van der Waals surface area contributed by atoms with Crippen molar-refractivity contribution in [3.8, 4) is 23.0 Å². The maximum absolute atomic E-state index is 12.3. The Bertz CT molecular complexity index is 983. The number of benzene rings is 1. The number of nitrogens with one attached hydrogen (secondary N) is 1.